The van der Waals surface area contributed by atoms with E-state index in [1.54, 1.807) is 0 Å². The monoisotopic (exact) mass is 416 g/mol. The minimum absolute atomic E-state index is 0.0132. The summed E-state index contributed by atoms with van der Waals surface area (Å²) in [4.78, 5) is 18.2. The Kier molecular flexibility index (Phi) is 4.78. The summed E-state index contributed by atoms with van der Waals surface area (Å²) in [6, 6.07) is 0.810. The van der Waals surface area contributed by atoms with Gasteiger partial charge in [0.05, 0.1) is 12.0 Å². The molecule has 0 aromatic rings. The lowest BCUT2D eigenvalue weighted by molar-refractivity contribution is -0.146. The smallest absolute Gasteiger partial charge is 0.311 e. The van der Waals surface area contributed by atoms with Crippen LogP contribution in [-0.4, -0.2) is 72.3 Å². The molecule has 6 fully saturated rings. The third-order valence-corrected chi connectivity index (χ3v) is 10.1. The van der Waals surface area contributed by atoms with Gasteiger partial charge >= 0.3 is 5.97 Å². The molecule has 3 aliphatic heterocycles. The van der Waals surface area contributed by atoms with E-state index in [1.165, 1.54) is 64.5 Å². The van der Waals surface area contributed by atoms with Gasteiger partial charge in [-0.25, -0.2) is 0 Å². The Hall–Kier alpha value is -0.650. The first-order valence-electron chi connectivity index (χ1n) is 12.9. The molecule has 6 aliphatic rings. The molecule has 1 spiro atoms. The van der Waals surface area contributed by atoms with Gasteiger partial charge < -0.3 is 9.47 Å². The van der Waals surface area contributed by atoms with E-state index in [4.69, 9.17) is 9.47 Å². The molecule has 7 atom stereocenters. The van der Waals surface area contributed by atoms with Crippen LogP contribution in [0.25, 0.3) is 0 Å². The Morgan fingerprint density at radius 2 is 1.80 bits per heavy atom. The van der Waals surface area contributed by atoms with Crippen molar-refractivity contribution in [3.63, 3.8) is 0 Å². The highest BCUT2D eigenvalue weighted by Crippen LogP contribution is 2.70. The number of hydrogen-bond acceptors (Lipinski definition) is 5. The van der Waals surface area contributed by atoms with Gasteiger partial charge in [0.1, 0.15) is 11.7 Å². The average molecular weight is 417 g/mol. The van der Waals surface area contributed by atoms with Gasteiger partial charge in [0.15, 0.2) is 0 Å². The Balaban J connectivity index is 1.12. The summed E-state index contributed by atoms with van der Waals surface area (Å²) in [7, 11) is 0. The van der Waals surface area contributed by atoms with Gasteiger partial charge in [-0.3, -0.25) is 14.6 Å². The second-order valence-electron chi connectivity index (χ2n) is 11.7. The lowest BCUT2D eigenvalue weighted by atomic mass is 9.53. The molecular formula is C25H40N2O3. The van der Waals surface area contributed by atoms with Gasteiger partial charge in [-0.15, -0.1) is 0 Å². The summed E-state index contributed by atoms with van der Waals surface area (Å²) in [5.74, 6) is 0.958. The van der Waals surface area contributed by atoms with E-state index >= 15 is 0 Å². The fourth-order valence-corrected chi connectivity index (χ4v) is 8.48. The number of rotatable bonds is 3. The Labute approximate surface area is 181 Å². The van der Waals surface area contributed by atoms with Crippen LogP contribution in [0.4, 0.5) is 0 Å². The standard InChI is InChI=1S/C25H40N2O3/c1-17-7-6-10-24(2)15-20-21(22-25(17,24)30-22)19(23(28)29-20)16-26-11-13-27(14-12-26)18-8-4-3-5-9-18/h17-22H,3-16H2,1-2H3/t17-,19+,20+,21+,22-,24+,25-/m0/s1. The number of nitrogens with zero attached hydrogens (tertiary/aromatic N) is 2. The summed E-state index contributed by atoms with van der Waals surface area (Å²) >= 11 is 0. The van der Waals surface area contributed by atoms with Gasteiger partial charge in [-0.1, -0.05) is 39.5 Å². The molecule has 5 nitrogen and oxygen atoms in total. The maximum Gasteiger partial charge on any atom is 0.311 e. The zero-order valence-corrected chi connectivity index (χ0v) is 19.0. The number of carbonyl (C=O) groups excluding carboxylic acids is 1. The van der Waals surface area contributed by atoms with Crippen LogP contribution in [0.5, 0.6) is 0 Å². The van der Waals surface area contributed by atoms with Crippen molar-refractivity contribution in [1.82, 2.24) is 9.80 Å². The molecule has 0 N–H and O–H groups in total. The van der Waals surface area contributed by atoms with Gasteiger partial charge in [0, 0.05) is 50.1 Å². The zero-order valence-electron chi connectivity index (χ0n) is 19.0. The molecule has 3 saturated heterocycles. The lowest BCUT2D eigenvalue weighted by Gasteiger charge is -2.49. The minimum atomic E-state index is 0.0132. The molecule has 5 heteroatoms. The number of esters is 1. The summed E-state index contributed by atoms with van der Waals surface area (Å²) in [5.41, 5.74) is 0.218. The molecular weight excluding hydrogens is 376 g/mol. The highest BCUT2D eigenvalue weighted by Gasteiger charge is 2.78. The van der Waals surface area contributed by atoms with Crippen LogP contribution >= 0.6 is 0 Å². The molecule has 0 radical (unpaired) electrons. The molecule has 0 amide bonds. The molecule has 168 valence electrons. The molecule has 0 aromatic heterocycles. The van der Waals surface area contributed by atoms with Crippen molar-refractivity contribution in [1.29, 1.82) is 0 Å². The Morgan fingerprint density at radius 1 is 1.03 bits per heavy atom. The summed E-state index contributed by atoms with van der Waals surface area (Å²) in [5, 5.41) is 0. The van der Waals surface area contributed by atoms with Crippen molar-refractivity contribution >= 4 is 5.97 Å². The number of hydrogen-bond donors (Lipinski definition) is 0. The molecule has 0 unspecified atom stereocenters. The first-order chi connectivity index (χ1) is 14.5. The van der Waals surface area contributed by atoms with Crippen LogP contribution in [-0.2, 0) is 14.3 Å². The van der Waals surface area contributed by atoms with E-state index in [-0.39, 0.29) is 41.0 Å². The van der Waals surface area contributed by atoms with Crippen molar-refractivity contribution in [2.45, 2.75) is 95.5 Å². The normalized spacial score (nSPS) is 49.8. The fourth-order valence-electron chi connectivity index (χ4n) is 8.48. The van der Waals surface area contributed by atoms with Crippen LogP contribution in [0.3, 0.4) is 0 Å². The van der Waals surface area contributed by atoms with Crippen molar-refractivity contribution < 1.29 is 14.3 Å². The number of ether oxygens (including phenoxy) is 2. The quantitative estimate of drug-likeness (QED) is 0.521. The second-order valence-corrected chi connectivity index (χ2v) is 11.7. The molecule has 3 saturated carbocycles. The fraction of sp³-hybridized carbons (Fsp3) is 0.960. The third-order valence-electron chi connectivity index (χ3n) is 10.1. The predicted octanol–water partition coefficient (Wildman–Crippen LogP) is 3.46. The van der Waals surface area contributed by atoms with E-state index in [9.17, 15) is 4.79 Å². The van der Waals surface area contributed by atoms with Gasteiger partial charge in [0.25, 0.3) is 0 Å². The van der Waals surface area contributed by atoms with Crippen molar-refractivity contribution in [3.8, 4) is 0 Å². The van der Waals surface area contributed by atoms with Gasteiger partial charge in [-0.05, 0) is 38.0 Å². The topological polar surface area (TPSA) is 45.3 Å². The molecule has 3 aliphatic carbocycles. The van der Waals surface area contributed by atoms with Crippen LogP contribution in [0, 0.1) is 23.2 Å². The van der Waals surface area contributed by atoms with Crippen molar-refractivity contribution in [3.05, 3.63) is 0 Å². The molecule has 6 rings (SSSR count). The number of carbonyl (C=O) groups is 1. The van der Waals surface area contributed by atoms with Gasteiger partial charge in [-0.2, -0.15) is 0 Å². The summed E-state index contributed by atoms with van der Waals surface area (Å²) in [6.07, 6.45) is 12.1. The number of fused-ring (bicyclic) bond motifs is 2. The third kappa shape index (κ3) is 2.87. The number of piperazine rings is 1. The van der Waals surface area contributed by atoms with E-state index < -0.39 is 0 Å². The van der Waals surface area contributed by atoms with Crippen LogP contribution in [0.1, 0.15) is 71.6 Å². The predicted molar refractivity (Wildman–Crippen MR) is 115 cm³/mol. The van der Waals surface area contributed by atoms with Crippen LogP contribution in [0.2, 0.25) is 0 Å². The van der Waals surface area contributed by atoms with Crippen LogP contribution in [0.15, 0.2) is 0 Å². The summed E-state index contributed by atoms with van der Waals surface area (Å²) in [6.45, 7) is 10.2. The summed E-state index contributed by atoms with van der Waals surface area (Å²) < 4.78 is 12.6. The lowest BCUT2D eigenvalue weighted by Crippen LogP contribution is -2.55. The van der Waals surface area contributed by atoms with E-state index in [2.05, 4.69) is 23.6 Å². The Bertz CT molecular complexity index is 686. The van der Waals surface area contributed by atoms with E-state index in [1.807, 2.05) is 0 Å². The van der Waals surface area contributed by atoms with Crippen molar-refractivity contribution in [2.24, 2.45) is 23.2 Å². The SMILES string of the molecule is C[C@H]1CCC[C@]2(C)C[C@H]3OC(=O)[C@H](CN4CCN(C5CCCCC5)CC4)[C@H]3[C@@H]3O[C@@]132. The van der Waals surface area contributed by atoms with Gasteiger partial charge in [0.2, 0.25) is 0 Å². The largest absolute Gasteiger partial charge is 0.462 e. The first-order valence-corrected chi connectivity index (χ1v) is 12.9. The Morgan fingerprint density at radius 3 is 2.57 bits per heavy atom. The molecule has 3 heterocycles. The minimum Gasteiger partial charge on any atom is -0.462 e. The molecule has 0 bridgehead atoms. The second kappa shape index (κ2) is 7.18. The molecule has 30 heavy (non-hydrogen) atoms. The number of epoxide rings is 1. The van der Waals surface area contributed by atoms with E-state index in [0.29, 0.717) is 5.92 Å². The first kappa shape index (κ1) is 20.0. The van der Waals surface area contributed by atoms with Crippen LogP contribution < -0.4 is 0 Å². The zero-order chi connectivity index (χ0) is 20.5. The van der Waals surface area contributed by atoms with E-state index in [0.717, 1.165) is 32.1 Å². The van der Waals surface area contributed by atoms with Crippen molar-refractivity contribution in [2.75, 3.05) is 32.7 Å². The highest BCUT2D eigenvalue weighted by atomic mass is 16.6. The highest BCUT2D eigenvalue weighted by molar-refractivity contribution is 5.76. The maximum atomic E-state index is 13.0. The average Bonchev–Trinajstić information content (AvgIpc) is 3.44. The maximum absolute atomic E-state index is 13.0. The molecule has 0 aromatic carbocycles.